The van der Waals surface area contributed by atoms with Crippen molar-refractivity contribution in [3.8, 4) is 10.6 Å². The van der Waals surface area contributed by atoms with Crippen LogP contribution in [0.1, 0.15) is 28.8 Å². The van der Waals surface area contributed by atoms with E-state index in [1.54, 1.807) is 11.3 Å². The summed E-state index contributed by atoms with van der Waals surface area (Å²) in [7, 11) is 0. The quantitative estimate of drug-likeness (QED) is 0.911. The standard InChI is InChI=1S/C15H19NOS/c1-10-7-11(2)14(12(3)8-10)15-16-13(9-18-15)5-4-6-17/h7-9,17H,4-6H2,1-3H3. The van der Waals surface area contributed by atoms with E-state index in [2.05, 4.69) is 43.3 Å². The van der Waals surface area contributed by atoms with Crippen LogP contribution in [0.3, 0.4) is 0 Å². The van der Waals surface area contributed by atoms with Gasteiger partial charge in [-0.15, -0.1) is 11.3 Å². The van der Waals surface area contributed by atoms with E-state index >= 15 is 0 Å². The number of rotatable bonds is 4. The number of thiazole rings is 1. The molecule has 3 heteroatoms. The molecule has 0 spiro atoms. The molecule has 0 bridgehead atoms. The predicted octanol–water partition coefficient (Wildman–Crippen LogP) is 3.66. The summed E-state index contributed by atoms with van der Waals surface area (Å²) in [5, 5.41) is 12.0. The lowest BCUT2D eigenvalue weighted by Crippen LogP contribution is -1.92. The lowest BCUT2D eigenvalue weighted by molar-refractivity contribution is 0.288. The van der Waals surface area contributed by atoms with Crippen LogP contribution in [0.5, 0.6) is 0 Å². The second-order valence-corrected chi connectivity index (χ2v) is 5.60. The van der Waals surface area contributed by atoms with Gasteiger partial charge in [0, 0.05) is 17.6 Å². The molecule has 1 N–H and O–H groups in total. The largest absolute Gasteiger partial charge is 0.396 e. The van der Waals surface area contributed by atoms with E-state index in [-0.39, 0.29) is 6.61 Å². The smallest absolute Gasteiger partial charge is 0.124 e. The molecule has 1 aromatic heterocycles. The van der Waals surface area contributed by atoms with Gasteiger partial charge in [-0.05, 0) is 44.7 Å². The summed E-state index contributed by atoms with van der Waals surface area (Å²) in [6.45, 7) is 6.64. The molecule has 0 amide bonds. The van der Waals surface area contributed by atoms with Gasteiger partial charge in [-0.3, -0.25) is 0 Å². The molecule has 1 aromatic carbocycles. The molecular weight excluding hydrogens is 242 g/mol. The Balaban J connectivity index is 2.34. The first-order valence-corrected chi connectivity index (χ1v) is 7.13. The lowest BCUT2D eigenvalue weighted by Gasteiger charge is -2.08. The molecule has 2 nitrogen and oxygen atoms in total. The number of aromatic nitrogens is 1. The molecule has 2 rings (SSSR count). The zero-order valence-corrected chi connectivity index (χ0v) is 12.0. The first-order chi connectivity index (χ1) is 8.61. The second kappa shape index (κ2) is 5.63. The summed E-state index contributed by atoms with van der Waals surface area (Å²) in [6.07, 6.45) is 1.64. The molecule has 18 heavy (non-hydrogen) atoms. The Morgan fingerprint density at radius 3 is 2.44 bits per heavy atom. The van der Waals surface area contributed by atoms with Crippen LogP contribution in [-0.4, -0.2) is 16.7 Å². The van der Waals surface area contributed by atoms with Crippen molar-refractivity contribution in [3.63, 3.8) is 0 Å². The van der Waals surface area contributed by atoms with Crippen LogP contribution in [-0.2, 0) is 6.42 Å². The van der Waals surface area contributed by atoms with Crippen molar-refractivity contribution in [2.45, 2.75) is 33.6 Å². The molecule has 2 aromatic rings. The fourth-order valence-electron chi connectivity index (χ4n) is 2.31. The molecule has 0 fully saturated rings. The van der Waals surface area contributed by atoms with Crippen LogP contribution < -0.4 is 0 Å². The molecule has 0 aliphatic heterocycles. The van der Waals surface area contributed by atoms with Crippen LogP contribution in [0.4, 0.5) is 0 Å². The SMILES string of the molecule is Cc1cc(C)c(-c2nc(CCCO)cs2)c(C)c1. The maximum Gasteiger partial charge on any atom is 0.124 e. The Kier molecular flexibility index (Phi) is 4.15. The highest BCUT2D eigenvalue weighted by atomic mass is 32.1. The molecule has 0 atom stereocenters. The molecule has 0 saturated carbocycles. The fourth-order valence-corrected chi connectivity index (χ4v) is 3.34. The Morgan fingerprint density at radius 2 is 1.83 bits per heavy atom. The van der Waals surface area contributed by atoms with Crippen LogP contribution in [0, 0.1) is 20.8 Å². The van der Waals surface area contributed by atoms with Crippen LogP contribution in [0.15, 0.2) is 17.5 Å². The van der Waals surface area contributed by atoms with Gasteiger partial charge in [0.05, 0.1) is 5.69 Å². The summed E-state index contributed by atoms with van der Waals surface area (Å²) in [5.41, 5.74) is 6.22. The molecule has 0 unspecified atom stereocenters. The fraction of sp³-hybridized carbons (Fsp3) is 0.400. The van der Waals surface area contributed by atoms with Gasteiger partial charge in [0.2, 0.25) is 0 Å². The molecule has 0 saturated heterocycles. The van der Waals surface area contributed by atoms with Gasteiger partial charge in [0.1, 0.15) is 5.01 Å². The average Bonchev–Trinajstić information content (AvgIpc) is 2.73. The number of nitrogens with zero attached hydrogens (tertiary/aromatic N) is 1. The van der Waals surface area contributed by atoms with Gasteiger partial charge in [-0.1, -0.05) is 17.7 Å². The first-order valence-electron chi connectivity index (χ1n) is 6.25. The summed E-state index contributed by atoms with van der Waals surface area (Å²) in [4.78, 5) is 4.68. The number of hydrogen-bond donors (Lipinski definition) is 1. The normalized spacial score (nSPS) is 10.9. The van der Waals surface area contributed by atoms with Gasteiger partial charge in [0.15, 0.2) is 0 Å². The van der Waals surface area contributed by atoms with E-state index in [4.69, 9.17) is 5.11 Å². The first kappa shape index (κ1) is 13.2. The third kappa shape index (κ3) is 2.79. The van der Waals surface area contributed by atoms with Crippen molar-refractivity contribution in [1.82, 2.24) is 4.98 Å². The van der Waals surface area contributed by atoms with Crippen molar-refractivity contribution in [2.24, 2.45) is 0 Å². The van der Waals surface area contributed by atoms with E-state index in [9.17, 15) is 0 Å². The van der Waals surface area contributed by atoms with Gasteiger partial charge >= 0.3 is 0 Å². The van der Waals surface area contributed by atoms with Crippen molar-refractivity contribution in [3.05, 3.63) is 39.9 Å². The number of aryl methyl sites for hydroxylation is 4. The Labute approximate surface area is 112 Å². The highest BCUT2D eigenvalue weighted by Gasteiger charge is 2.10. The van der Waals surface area contributed by atoms with Crippen LogP contribution in [0.25, 0.3) is 10.6 Å². The molecule has 0 radical (unpaired) electrons. The van der Waals surface area contributed by atoms with Gasteiger partial charge < -0.3 is 5.11 Å². The zero-order valence-electron chi connectivity index (χ0n) is 11.2. The number of aliphatic hydroxyl groups is 1. The highest BCUT2D eigenvalue weighted by Crippen LogP contribution is 2.31. The van der Waals surface area contributed by atoms with E-state index < -0.39 is 0 Å². The van der Waals surface area contributed by atoms with Crippen molar-refractivity contribution in [2.75, 3.05) is 6.61 Å². The lowest BCUT2D eigenvalue weighted by atomic mass is 10.0. The molecule has 0 aliphatic carbocycles. The van der Waals surface area contributed by atoms with Crippen LogP contribution >= 0.6 is 11.3 Å². The van der Waals surface area contributed by atoms with Crippen molar-refractivity contribution < 1.29 is 5.11 Å². The molecule has 0 aliphatic rings. The summed E-state index contributed by atoms with van der Waals surface area (Å²) in [5.74, 6) is 0. The third-order valence-electron chi connectivity index (χ3n) is 3.03. The monoisotopic (exact) mass is 261 g/mol. The minimum atomic E-state index is 0.232. The number of benzene rings is 1. The number of aliphatic hydroxyl groups excluding tert-OH is 1. The minimum absolute atomic E-state index is 0.232. The Bertz CT molecular complexity index is 522. The molecular formula is C15H19NOS. The van der Waals surface area contributed by atoms with Gasteiger partial charge in [-0.25, -0.2) is 4.98 Å². The second-order valence-electron chi connectivity index (χ2n) is 4.74. The predicted molar refractivity (Wildman–Crippen MR) is 77.2 cm³/mol. The Morgan fingerprint density at radius 1 is 1.17 bits per heavy atom. The third-order valence-corrected chi connectivity index (χ3v) is 3.94. The van der Waals surface area contributed by atoms with E-state index in [1.807, 2.05) is 0 Å². The summed E-state index contributed by atoms with van der Waals surface area (Å²) in [6, 6.07) is 4.41. The summed E-state index contributed by atoms with van der Waals surface area (Å²) < 4.78 is 0. The highest BCUT2D eigenvalue weighted by molar-refractivity contribution is 7.13. The van der Waals surface area contributed by atoms with E-state index in [1.165, 1.54) is 22.3 Å². The van der Waals surface area contributed by atoms with E-state index in [0.29, 0.717) is 0 Å². The van der Waals surface area contributed by atoms with Crippen molar-refractivity contribution in [1.29, 1.82) is 0 Å². The summed E-state index contributed by atoms with van der Waals surface area (Å²) >= 11 is 1.69. The average molecular weight is 261 g/mol. The van der Waals surface area contributed by atoms with Crippen LogP contribution in [0.2, 0.25) is 0 Å². The van der Waals surface area contributed by atoms with Crippen molar-refractivity contribution >= 4 is 11.3 Å². The zero-order chi connectivity index (χ0) is 13.1. The number of hydrogen-bond acceptors (Lipinski definition) is 3. The maximum absolute atomic E-state index is 8.85. The van der Waals surface area contributed by atoms with E-state index in [0.717, 1.165) is 23.5 Å². The molecule has 1 heterocycles. The Hall–Kier alpha value is -1.19. The van der Waals surface area contributed by atoms with Gasteiger partial charge in [0.25, 0.3) is 0 Å². The molecule has 96 valence electrons. The minimum Gasteiger partial charge on any atom is -0.396 e. The maximum atomic E-state index is 8.85. The van der Waals surface area contributed by atoms with Gasteiger partial charge in [-0.2, -0.15) is 0 Å². The topological polar surface area (TPSA) is 33.1 Å².